The average Bonchev–Trinajstić information content (AvgIpc) is 3.16. The minimum Gasteiger partial charge on any atom is -0.497 e. The Labute approximate surface area is 194 Å². The number of benzene rings is 2. The summed E-state index contributed by atoms with van der Waals surface area (Å²) in [5.74, 6) is 2.10. The van der Waals surface area contributed by atoms with Gasteiger partial charge in [-0.2, -0.15) is 0 Å². The van der Waals surface area contributed by atoms with Crippen LogP contribution in [0.15, 0.2) is 47.0 Å². The predicted octanol–water partition coefficient (Wildman–Crippen LogP) is 4.67. The molecular formula is C26H31N3O4. The summed E-state index contributed by atoms with van der Waals surface area (Å²) in [5.41, 5.74) is 4.12. The van der Waals surface area contributed by atoms with Crippen LogP contribution < -0.4 is 20.1 Å². The lowest BCUT2D eigenvalue weighted by Gasteiger charge is -2.24. The van der Waals surface area contributed by atoms with Crippen molar-refractivity contribution in [2.45, 2.75) is 45.6 Å². The van der Waals surface area contributed by atoms with Crippen molar-refractivity contribution < 1.29 is 18.8 Å². The van der Waals surface area contributed by atoms with Crippen LogP contribution >= 0.6 is 0 Å². The first-order chi connectivity index (χ1) is 16.0. The van der Waals surface area contributed by atoms with Gasteiger partial charge in [-0.05, 0) is 69.1 Å². The summed E-state index contributed by atoms with van der Waals surface area (Å²) in [5, 5.41) is 10.6. The summed E-state index contributed by atoms with van der Waals surface area (Å²) in [4.78, 5) is 12.7. The normalized spacial score (nSPS) is 15.8. The van der Waals surface area contributed by atoms with Crippen molar-refractivity contribution in [3.05, 3.63) is 59.5 Å². The van der Waals surface area contributed by atoms with Crippen molar-refractivity contribution in [3.63, 3.8) is 0 Å². The van der Waals surface area contributed by atoms with Crippen LogP contribution in [0.1, 0.15) is 36.3 Å². The summed E-state index contributed by atoms with van der Waals surface area (Å²) in [7, 11) is 1.61. The zero-order valence-electron chi connectivity index (χ0n) is 19.4. The number of piperidine rings is 1. The average molecular weight is 450 g/mol. The van der Waals surface area contributed by atoms with Gasteiger partial charge < -0.3 is 24.6 Å². The smallest absolute Gasteiger partial charge is 0.228 e. The second-order valence-corrected chi connectivity index (χ2v) is 8.44. The monoisotopic (exact) mass is 449 g/mol. The maximum absolute atomic E-state index is 12.7. The highest BCUT2D eigenvalue weighted by molar-refractivity contribution is 5.93. The molecule has 2 N–H and O–H groups in total. The van der Waals surface area contributed by atoms with E-state index < -0.39 is 0 Å². The van der Waals surface area contributed by atoms with Gasteiger partial charge in [-0.25, -0.2) is 0 Å². The zero-order valence-corrected chi connectivity index (χ0v) is 19.4. The number of anilines is 1. The zero-order chi connectivity index (χ0) is 23.2. The minimum atomic E-state index is -0.104. The third kappa shape index (κ3) is 5.73. The SMILES string of the molecule is COc1cccc(CC(=O)Nc2ccc(OCC3CCCCN3)c(-c3c(C)noc3C)c2)c1. The Hall–Kier alpha value is -3.32. The number of hydrogen-bond acceptors (Lipinski definition) is 6. The van der Waals surface area contributed by atoms with E-state index in [4.69, 9.17) is 14.0 Å². The summed E-state index contributed by atoms with van der Waals surface area (Å²) in [6.45, 7) is 5.42. The molecule has 33 heavy (non-hydrogen) atoms. The molecule has 0 saturated carbocycles. The fourth-order valence-corrected chi connectivity index (χ4v) is 4.23. The Balaban J connectivity index is 1.53. The highest BCUT2D eigenvalue weighted by Gasteiger charge is 2.19. The molecule has 0 bridgehead atoms. The lowest BCUT2D eigenvalue weighted by molar-refractivity contribution is -0.115. The van der Waals surface area contributed by atoms with Crippen molar-refractivity contribution in [2.24, 2.45) is 0 Å². The summed E-state index contributed by atoms with van der Waals surface area (Å²) in [6, 6.07) is 13.6. The van der Waals surface area contributed by atoms with Gasteiger partial charge in [0.1, 0.15) is 23.9 Å². The van der Waals surface area contributed by atoms with Gasteiger partial charge >= 0.3 is 0 Å². The molecule has 0 radical (unpaired) electrons. The number of hydrogen-bond donors (Lipinski definition) is 2. The van der Waals surface area contributed by atoms with Crippen LogP contribution in [0, 0.1) is 13.8 Å². The van der Waals surface area contributed by atoms with Gasteiger partial charge in [-0.1, -0.05) is 23.7 Å². The Kier molecular flexibility index (Phi) is 7.29. The standard InChI is InChI=1S/C26H31N3O4/c1-17-26(18(2)33-29-17)23-15-20(10-11-24(23)32-16-21-8-4-5-12-27-21)28-25(30)14-19-7-6-9-22(13-19)31-3/h6-7,9-11,13,15,21,27H,4-5,8,12,14,16H2,1-3H3,(H,28,30). The highest BCUT2D eigenvalue weighted by Crippen LogP contribution is 2.37. The van der Waals surface area contributed by atoms with E-state index in [9.17, 15) is 4.79 Å². The van der Waals surface area contributed by atoms with Gasteiger partial charge in [0.25, 0.3) is 0 Å². The van der Waals surface area contributed by atoms with E-state index in [0.717, 1.165) is 46.8 Å². The molecule has 1 aromatic heterocycles. The molecule has 1 unspecified atom stereocenters. The van der Waals surface area contributed by atoms with Crippen molar-refractivity contribution in [1.29, 1.82) is 0 Å². The fourth-order valence-electron chi connectivity index (χ4n) is 4.23. The van der Waals surface area contributed by atoms with Crippen LogP contribution in [0.3, 0.4) is 0 Å². The predicted molar refractivity (Wildman–Crippen MR) is 128 cm³/mol. The number of methoxy groups -OCH3 is 1. The third-order valence-electron chi connectivity index (χ3n) is 5.92. The minimum absolute atomic E-state index is 0.104. The van der Waals surface area contributed by atoms with Gasteiger partial charge in [0.15, 0.2) is 0 Å². The number of aryl methyl sites for hydroxylation is 2. The van der Waals surface area contributed by atoms with E-state index in [1.807, 2.05) is 56.3 Å². The first-order valence-corrected chi connectivity index (χ1v) is 11.4. The van der Waals surface area contributed by atoms with E-state index >= 15 is 0 Å². The maximum atomic E-state index is 12.7. The topological polar surface area (TPSA) is 85.6 Å². The molecule has 7 nitrogen and oxygen atoms in total. The molecule has 1 aliphatic heterocycles. The van der Waals surface area contributed by atoms with Crippen molar-refractivity contribution in [3.8, 4) is 22.6 Å². The Bertz CT molecular complexity index is 1080. The second-order valence-electron chi connectivity index (χ2n) is 8.44. The summed E-state index contributed by atoms with van der Waals surface area (Å²) >= 11 is 0. The molecule has 3 aromatic rings. The molecule has 1 fully saturated rings. The van der Waals surface area contributed by atoms with Crippen LogP contribution in [-0.4, -0.2) is 37.4 Å². The van der Waals surface area contributed by atoms with Crippen LogP contribution in [-0.2, 0) is 11.2 Å². The number of aromatic nitrogens is 1. The number of carbonyl (C=O) groups is 1. The van der Waals surface area contributed by atoms with Gasteiger partial charge in [-0.3, -0.25) is 4.79 Å². The van der Waals surface area contributed by atoms with E-state index in [1.54, 1.807) is 7.11 Å². The molecule has 4 rings (SSSR count). The van der Waals surface area contributed by atoms with E-state index in [-0.39, 0.29) is 12.3 Å². The fraction of sp³-hybridized carbons (Fsp3) is 0.385. The molecular weight excluding hydrogens is 418 g/mol. The van der Waals surface area contributed by atoms with Crippen LogP contribution in [0.25, 0.3) is 11.1 Å². The summed E-state index contributed by atoms with van der Waals surface area (Å²) in [6.07, 6.45) is 3.80. The molecule has 1 saturated heterocycles. The Morgan fingerprint density at radius 1 is 1.21 bits per heavy atom. The van der Waals surface area contributed by atoms with Gasteiger partial charge in [0, 0.05) is 17.3 Å². The molecule has 1 amide bonds. The Morgan fingerprint density at radius 3 is 2.82 bits per heavy atom. The van der Waals surface area contributed by atoms with Crippen molar-refractivity contribution >= 4 is 11.6 Å². The van der Waals surface area contributed by atoms with Crippen LogP contribution in [0.2, 0.25) is 0 Å². The number of ether oxygens (including phenoxy) is 2. The van der Waals surface area contributed by atoms with Crippen LogP contribution in [0.5, 0.6) is 11.5 Å². The molecule has 2 heterocycles. The molecule has 7 heteroatoms. The van der Waals surface area contributed by atoms with Crippen LogP contribution in [0.4, 0.5) is 5.69 Å². The molecule has 174 valence electrons. The van der Waals surface area contributed by atoms with Crippen molar-refractivity contribution in [2.75, 3.05) is 25.6 Å². The molecule has 1 aliphatic rings. The molecule has 1 atom stereocenters. The quantitative estimate of drug-likeness (QED) is 0.520. The summed E-state index contributed by atoms with van der Waals surface area (Å²) < 4.78 is 16.9. The first kappa shape index (κ1) is 22.9. The molecule has 2 aromatic carbocycles. The number of amides is 1. The number of carbonyl (C=O) groups excluding carboxylic acids is 1. The first-order valence-electron chi connectivity index (χ1n) is 11.4. The van der Waals surface area contributed by atoms with Gasteiger partial charge in [0.05, 0.1) is 24.8 Å². The van der Waals surface area contributed by atoms with Gasteiger partial charge in [-0.15, -0.1) is 0 Å². The van der Waals surface area contributed by atoms with E-state index in [1.165, 1.54) is 12.8 Å². The molecule has 0 aliphatic carbocycles. The maximum Gasteiger partial charge on any atom is 0.228 e. The lowest BCUT2D eigenvalue weighted by Crippen LogP contribution is -2.38. The molecule has 0 spiro atoms. The largest absolute Gasteiger partial charge is 0.497 e. The number of rotatable bonds is 8. The number of nitrogens with zero attached hydrogens (tertiary/aromatic N) is 1. The highest BCUT2D eigenvalue weighted by atomic mass is 16.5. The van der Waals surface area contributed by atoms with Gasteiger partial charge in [0.2, 0.25) is 5.91 Å². The third-order valence-corrected chi connectivity index (χ3v) is 5.92. The number of nitrogens with one attached hydrogen (secondary N) is 2. The van der Waals surface area contributed by atoms with Crippen molar-refractivity contribution in [1.82, 2.24) is 10.5 Å². The van der Waals surface area contributed by atoms with E-state index in [0.29, 0.717) is 24.1 Å². The lowest BCUT2D eigenvalue weighted by atomic mass is 10.0. The Morgan fingerprint density at radius 2 is 2.09 bits per heavy atom. The van der Waals surface area contributed by atoms with E-state index in [2.05, 4.69) is 15.8 Å². The second kappa shape index (κ2) is 10.5.